The van der Waals surface area contributed by atoms with Crippen LogP contribution in [0.5, 0.6) is 0 Å². The van der Waals surface area contributed by atoms with Gasteiger partial charge in [0.1, 0.15) is 0 Å². The molecule has 0 N–H and O–H groups in total. The number of thioether (sulfide) groups is 1. The molecule has 0 amide bonds. The Kier molecular flexibility index (Phi) is 5.09. The zero-order valence-electron chi connectivity index (χ0n) is 15.5. The van der Waals surface area contributed by atoms with Crippen molar-refractivity contribution in [3.8, 4) is 22.9 Å². The summed E-state index contributed by atoms with van der Waals surface area (Å²) in [6.45, 7) is 3.89. The summed E-state index contributed by atoms with van der Waals surface area (Å²) in [6, 6.07) is 13.7. The number of rotatable bonds is 6. The molecule has 0 aliphatic heterocycles. The maximum absolute atomic E-state index is 10.8. The number of nitro benzene ring substituents is 1. The van der Waals surface area contributed by atoms with E-state index < -0.39 is 4.92 Å². The second kappa shape index (κ2) is 7.84. The summed E-state index contributed by atoms with van der Waals surface area (Å²) in [5.41, 5.74) is 2.60. The Morgan fingerprint density at radius 2 is 1.48 bits per heavy atom. The molecule has 0 spiro atoms. The highest BCUT2D eigenvalue weighted by Gasteiger charge is 2.20. The number of benzene rings is 2. The molecule has 9 nitrogen and oxygen atoms in total. The van der Waals surface area contributed by atoms with Crippen molar-refractivity contribution in [3.05, 3.63) is 70.1 Å². The van der Waals surface area contributed by atoms with Crippen LogP contribution in [0.15, 0.2) is 62.6 Å². The summed E-state index contributed by atoms with van der Waals surface area (Å²) in [5, 5.41) is 27.1. The molecular formula is C19H15N5O4S. The van der Waals surface area contributed by atoms with Gasteiger partial charge in [-0.2, -0.15) is 0 Å². The van der Waals surface area contributed by atoms with E-state index in [0.717, 1.165) is 11.1 Å². The fourth-order valence-corrected chi connectivity index (χ4v) is 3.23. The van der Waals surface area contributed by atoms with E-state index in [0.29, 0.717) is 22.6 Å². The minimum absolute atomic E-state index is 0.00168. The monoisotopic (exact) mass is 409 g/mol. The van der Waals surface area contributed by atoms with Crippen LogP contribution in [0, 0.1) is 17.0 Å². The number of aromatic nitrogens is 4. The van der Waals surface area contributed by atoms with Gasteiger partial charge in [-0.1, -0.05) is 29.5 Å². The topological polar surface area (TPSA) is 121 Å². The first-order valence-electron chi connectivity index (χ1n) is 8.65. The summed E-state index contributed by atoms with van der Waals surface area (Å²) in [5.74, 6) is 1.11. The first kappa shape index (κ1) is 18.8. The van der Waals surface area contributed by atoms with Gasteiger partial charge in [-0.15, -0.1) is 20.4 Å². The first-order valence-corrected chi connectivity index (χ1v) is 9.53. The molecule has 0 saturated heterocycles. The van der Waals surface area contributed by atoms with Gasteiger partial charge < -0.3 is 8.83 Å². The van der Waals surface area contributed by atoms with E-state index in [1.54, 1.807) is 12.1 Å². The Balaban J connectivity index is 1.46. The number of nitro groups is 1. The predicted molar refractivity (Wildman–Crippen MR) is 105 cm³/mol. The fourth-order valence-electron chi connectivity index (χ4n) is 2.51. The fraction of sp³-hybridized carbons (Fsp3) is 0.158. The minimum Gasteiger partial charge on any atom is -0.419 e. The van der Waals surface area contributed by atoms with Crippen LogP contribution in [0.25, 0.3) is 22.9 Å². The quantitative estimate of drug-likeness (QED) is 0.250. The van der Waals surface area contributed by atoms with E-state index in [1.807, 2.05) is 38.1 Å². The molecule has 0 unspecified atom stereocenters. The molecule has 29 heavy (non-hydrogen) atoms. The SMILES string of the molecule is Cc1ccc(-c2nnc(S[C@H](C)c3nnc(-c4ccc([N+](=O)[O-])cc4)o3)o2)cc1. The molecule has 4 rings (SSSR count). The van der Waals surface area contributed by atoms with Crippen LogP contribution in [0.3, 0.4) is 0 Å². The molecule has 2 aromatic carbocycles. The molecule has 4 aromatic rings. The zero-order valence-corrected chi connectivity index (χ0v) is 16.3. The Labute approximate surface area is 169 Å². The van der Waals surface area contributed by atoms with Crippen molar-refractivity contribution < 1.29 is 13.8 Å². The number of aryl methyl sites for hydroxylation is 1. The molecule has 0 aliphatic rings. The molecule has 1 atom stereocenters. The van der Waals surface area contributed by atoms with Crippen LogP contribution in [0.4, 0.5) is 5.69 Å². The molecule has 146 valence electrons. The van der Waals surface area contributed by atoms with E-state index in [4.69, 9.17) is 8.83 Å². The highest BCUT2D eigenvalue weighted by molar-refractivity contribution is 7.99. The van der Waals surface area contributed by atoms with E-state index in [1.165, 1.54) is 23.9 Å². The molecule has 0 saturated carbocycles. The average molecular weight is 409 g/mol. The summed E-state index contributed by atoms with van der Waals surface area (Å²) in [6.07, 6.45) is 0. The van der Waals surface area contributed by atoms with Gasteiger partial charge in [-0.25, -0.2) is 0 Å². The van der Waals surface area contributed by atoms with Gasteiger partial charge in [0.15, 0.2) is 0 Å². The largest absolute Gasteiger partial charge is 0.419 e. The van der Waals surface area contributed by atoms with Crippen LogP contribution < -0.4 is 0 Å². The number of nitrogens with zero attached hydrogens (tertiary/aromatic N) is 5. The lowest BCUT2D eigenvalue weighted by atomic mass is 10.1. The van der Waals surface area contributed by atoms with Gasteiger partial charge in [-0.05, 0) is 38.1 Å². The number of hydrogen-bond donors (Lipinski definition) is 0. The summed E-state index contributed by atoms with van der Waals surface area (Å²) in [7, 11) is 0. The number of non-ortho nitro benzene ring substituents is 1. The molecule has 10 heteroatoms. The van der Waals surface area contributed by atoms with Crippen molar-refractivity contribution in [1.82, 2.24) is 20.4 Å². The van der Waals surface area contributed by atoms with Gasteiger partial charge in [-0.3, -0.25) is 10.1 Å². The maximum atomic E-state index is 10.8. The molecule has 0 bridgehead atoms. The molecule has 2 heterocycles. The lowest BCUT2D eigenvalue weighted by molar-refractivity contribution is -0.384. The lowest BCUT2D eigenvalue weighted by Gasteiger charge is -2.01. The van der Waals surface area contributed by atoms with E-state index in [2.05, 4.69) is 20.4 Å². The van der Waals surface area contributed by atoms with Gasteiger partial charge in [0, 0.05) is 23.3 Å². The average Bonchev–Trinajstić information content (AvgIpc) is 3.38. The minimum atomic E-state index is -0.461. The van der Waals surface area contributed by atoms with Crippen LogP contribution in [-0.2, 0) is 0 Å². The van der Waals surface area contributed by atoms with Gasteiger partial charge in [0.2, 0.25) is 17.7 Å². The number of hydrogen-bond acceptors (Lipinski definition) is 9. The van der Waals surface area contributed by atoms with E-state index in [9.17, 15) is 10.1 Å². The summed E-state index contributed by atoms with van der Waals surface area (Å²) in [4.78, 5) is 10.3. The van der Waals surface area contributed by atoms with Crippen molar-refractivity contribution in [3.63, 3.8) is 0 Å². The molecule has 0 aliphatic carbocycles. The molecular weight excluding hydrogens is 394 g/mol. The van der Waals surface area contributed by atoms with Gasteiger partial charge in [0.25, 0.3) is 10.9 Å². The van der Waals surface area contributed by atoms with Crippen molar-refractivity contribution in [2.75, 3.05) is 0 Å². The summed E-state index contributed by atoms with van der Waals surface area (Å²) < 4.78 is 11.4. The van der Waals surface area contributed by atoms with Crippen molar-refractivity contribution >= 4 is 17.4 Å². The third kappa shape index (κ3) is 4.16. The highest BCUT2D eigenvalue weighted by Crippen LogP contribution is 2.35. The van der Waals surface area contributed by atoms with E-state index >= 15 is 0 Å². The standard InChI is InChI=1S/C19H15N5O4S/c1-11-3-5-13(6-4-11)18-22-23-19(28-18)29-12(2)16-20-21-17(27-16)14-7-9-15(10-8-14)24(25)26/h3-10,12H,1-2H3/t12-/m1/s1. The van der Waals surface area contributed by atoms with Crippen molar-refractivity contribution in [1.29, 1.82) is 0 Å². The lowest BCUT2D eigenvalue weighted by Crippen LogP contribution is -1.88. The third-order valence-corrected chi connectivity index (χ3v) is 5.02. The van der Waals surface area contributed by atoms with E-state index in [-0.39, 0.29) is 16.8 Å². The van der Waals surface area contributed by atoms with Crippen molar-refractivity contribution in [2.24, 2.45) is 0 Å². The first-order chi connectivity index (χ1) is 14.0. The maximum Gasteiger partial charge on any atom is 0.277 e. The zero-order chi connectivity index (χ0) is 20.4. The Morgan fingerprint density at radius 1 is 0.897 bits per heavy atom. The normalized spacial score (nSPS) is 12.1. The Hall–Kier alpha value is -3.53. The van der Waals surface area contributed by atoms with Crippen molar-refractivity contribution in [2.45, 2.75) is 24.3 Å². The second-order valence-electron chi connectivity index (χ2n) is 6.25. The van der Waals surface area contributed by atoms with Gasteiger partial charge >= 0.3 is 0 Å². The van der Waals surface area contributed by atoms with Crippen LogP contribution >= 0.6 is 11.8 Å². The molecule has 0 radical (unpaired) electrons. The summed E-state index contributed by atoms with van der Waals surface area (Å²) >= 11 is 1.30. The van der Waals surface area contributed by atoms with Crippen LogP contribution in [0.2, 0.25) is 0 Å². The Bertz CT molecular complexity index is 1140. The van der Waals surface area contributed by atoms with Crippen LogP contribution in [-0.4, -0.2) is 25.3 Å². The second-order valence-corrected chi connectivity index (χ2v) is 7.54. The molecule has 0 fully saturated rings. The van der Waals surface area contributed by atoms with Crippen LogP contribution in [0.1, 0.15) is 23.6 Å². The Morgan fingerprint density at radius 3 is 2.14 bits per heavy atom. The highest BCUT2D eigenvalue weighted by atomic mass is 32.2. The smallest absolute Gasteiger partial charge is 0.277 e. The molecule has 2 aromatic heterocycles. The predicted octanol–water partition coefficient (Wildman–Crippen LogP) is 4.86. The third-order valence-electron chi connectivity index (χ3n) is 4.10. The van der Waals surface area contributed by atoms with Gasteiger partial charge in [0.05, 0.1) is 10.2 Å².